The van der Waals surface area contributed by atoms with E-state index < -0.39 is 21.4 Å². The van der Waals surface area contributed by atoms with Crippen LogP contribution in [0.2, 0.25) is 0 Å². The lowest BCUT2D eigenvalue weighted by atomic mass is 9.79. The quantitative estimate of drug-likeness (QED) is 0.286. The number of sulfonamides is 1. The third-order valence-corrected chi connectivity index (χ3v) is 6.76. The molecule has 3 rings (SSSR count). The maximum absolute atomic E-state index is 12.9. The second kappa shape index (κ2) is 9.13. The number of esters is 1. The molecule has 30 heavy (non-hydrogen) atoms. The number of piperidine rings is 1. The molecule has 1 aliphatic rings. The number of anilines is 1. The topological polar surface area (TPSA) is 148 Å². The van der Waals surface area contributed by atoms with Gasteiger partial charge < -0.3 is 21.1 Å². The number of carbonyl (C=O) groups is 1. The van der Waals surface area contributed by atoms with Crippen molar-refractivity contribution in [3.8, 4) is 0 Å². The molecule has 0 unspecified atom stereocenters. The van der Waals surface area contributed by atoms with E-state index in [1.165, 1.54) is 31.6 Å². The summed E-state index contributed by atoms with van der Waals surface area (Å²) in [6, 6.07) is 4.60. The Kier molecular flexibility index (Phi) is 6.76. The van der Waals surface area contributed by atoms with Crippen molar-refractivity contribution < 1.29 is 17.9 Å². The van der Waals surface area contributed by atoms with Gasteiger partial charge in [0.25, 0.3) is 0 Å². The molecule has 2 heterocycles. The molecule has 1 fully saturated rings. The normalized spacial score (nSPS) is 16.9. The summed E-state index contributed by atoms with van der Waals surface area (Å²) < 4.78 is 36.6. The van der Waals surface area contributed by atoms with E-state index >= 15 is 0 Å². The van der Waals surface area contributed by atoms with Crippen molar-refractivity contribution >= 4 is 50.2 Å². The van der Waals surface area contributed by atoms with Crippen molar-refractivity contribution in [3.05, 3.63) is 30.6 Å². The van der Waals surface area contributed by atoms with Crippen molar-refractivity contribution in [1.82, 2.24) is 15.0 Å². The first-order chi connectivity index (χ1) is 14.3. The number of guanidine groups is 1. The molecule has 1 saturated heterocycles. The van der Waals surface area contributed by atoms with Crippen molar-refractivity contribution in [3.63, 3.8) is 0 Å². The van der Waals surface area contributed by atoms with Crippen molar-refractivity contribution in [2.45, 2.75) is 17.7 Å². The number of methoxy groups -OCH3 is 1. The Hall–Kier alpha value is -2.47. The molecule has 5 N–H and O–H groups in total. The van der Waals surface area contributed by atoms with Crippen LogP contribution in [-0.2, 0) is 19.6 Å². The zero-order valence-corrected chi connectivity index (χ0v) is 17.9. The molecule has 0 saturated carbocycles. The van der Waals surface area contributed by atoms with Gasteiger partial charge in [0.05, 0.1) is 29.3 Å². The van der Waals surface area contributed by atoms with E-state index in [0.29, 0.717) is 42.4 Å². The van der Waals surface area contributed by atoms with Gasteiger partial charge in [-0.25, -0.2) is 13.1 Å². The minimum Gasteiger partial charge on any atom is -0.469 e. The summed E-state index contributed by atoms with van der Waals surface area (Å²) >= 11 is 5.34. The number of pyridine rings is 1. The summed E-state index contributed by atoms with van der Waals surface area (Å²) in [6.07, 6.45) is 4.04. The number of fused-ring (bicyclic) bond motifs is 1. The first-order valence-corrected chi connectivity index (χ1v) is 11.0. The smallest absolute Gasteiger partial charge is 0.313 e. The van der Waals surface area contributed by atoms with E-state index in [1.54, 1.807) is 6.07 Å². The lowest BCUT2D eigenvalue weighted by Crippen LogP contribution is -2.49. The number of hydrogen-bond donors (Lipinski definition) is 4. The van der Waals surface area contributed by atoms with Crippen molar-refractivity contribution in [2.24, 2.45) is 15.7 Å². The number of ether oxygens (including phenoxy) is 1. The SMILES string of the molecule is COC(=O)C1(CNS(=O)(=O)c2ccc3c(NC(N)=NCl)cncc3c2)CCNCC1. The molecule has 0 radical (unpaired) electrons. The van der Waals surface area contributed by atoms with Crippen LogP contribution in [0.15, 0.2) is 40.0 Å². The maximum Gasteiger partial charge on any atom is 0.313 e. The molecule has 0 amide bonds. The summed E-state index contributed by atoms with van der Waals surface area (Å²) in [6.45, 7) is 1.19. The minimum absolute atomic E-state index is 0.0144. The molecule has 162 valence electrons. The van der Waals surface area contributed by atoms with Crippen LogP contribution in [0.4, 0.5) is 5.69 Å². The van der Waals surface area contributed by atoms with Crippen LogP contribution in [0, 0.1) is 5.41 Å². The van der Waals surface area contributed by atoms with E-state index in [4.69, 9.17) is 22.2 Å². The minimum atomic E-state index is -3.87. The first kappa shape index (κ1) is 22.2. The summed E-state index contributed by atoms with van der Waals surface area (Å²) in [4.78, 5) is 16.5. The van der Waals surface area contributed by atoms with Crippen molar-refractivity contribution in [1.29, 1.82) is 0 Å². The van der Waals surface area contributed by atoms with Crippen LogP contribution in [0.5, 0.6) is 0 Å². The average molecular weight is 455 g/mol. The van der Waals surface area contributed by atoms with Gasteiger partial charge in [-0.1, -0.05) is 6.07 Å². The zero-order valence-electron chi connectivity index (χ0n) is 16.3. The number of carbonyl (C=O) groups excluding carboxylic acids is 1. The molecule has 0 atom stereocenters. The largest absolute Gasteiger partial charge is 0.469 e. The fourth-order valence-electron chi connectivity index (χ4n) is 3.47. The fraction of sp³-hybridized carbons (Fsp3) is 0.389. The van der Waals surface area contributed by atoms with Crippen LogP contribution in [0.3, 0.4) is 0 Å². The number of hydrogen-bond acceptors (Lipinski definition) is 7. The predicted octanol–water partition coefficient (Wildman–Crippen LogP) is 0.936. The average Bonchev–Trinajstić information content (AvgIpc) is 2.77. The van der Waals surface area contributed by atoms with Crippen LogP contribution in [-0.4, -0.2) is 52.1 Å². The number of aromatic nitrogens is 1. The molecule has 2 aromatic rings. The Morgan fingerprint density at radius 1 is 1.37 bits per heavy atom. The van der Waals surface area contributed by atoms with Gasteiger partial charge in [0.15, 0.2) is 0 Å². The Labute approximate surface area is 179 Å². The molecule has 1 aromatic carbocycles. The Bertz CT molecular complexity index is 1070. The second-order valence-corrected chi connectivity index (χ2v) is 8.95. The number of rotatable bonds is 6. The molecular weight excluding hydrogens is 432 g/mol. The number of halogens is 1. The number of benzene rings is 1. The molecule has 0 spiro atoms. The molecule has 1 aromatic heterocycles. The monoisotopic (exact) mass is 454 g/mol. The standard InChI is InChI=1S/C18H23ClN6O4S/c1-29-16(26)18(4-6-21-7-5-18)11-23-30(27,28)13-2-3-14-12(8-13)9-22-10-15(14)24-17(20)25-19/h2-3,8-10,21,23H,4-7,11H2,1H3,(H3,20,24,25). The van der Waals surface area contributed by atoms with Crippen LogP contribution in [0.1, 0.15) is 12.8 Å². The summed E-state index contributed by atoms with van der Waals surface area (Å²) in [5.74, 6) is -0.428. The second-order valence-electron chi connectivity index (χ2n) is 7.01. The van der Waals surface area contributed by atoms with Crippen LogP contribution < -0.4 is 21.1 Å². The molecule has 1 aliphatic heterocycles. The summed E-state index contributed by atoms with van der Waals surface area (Å²) in [5, 5.41) is 7.23. The van der Waals surface area contributed by atoms with Gasteiger partial charge >= 0.3 is 5.97 Å². The zero-order chi connectivity index (χ0) is 21.8. The first-order valence-electron chi connectivity index (χ1n) is 9.19. The van der Waals surface area contributed by atoms with Gasteiger partial charge in [-0.3, -0.25) is 9.78 Å². The number of nitrogens with zero attached hydrogens (tertiary/aromatic N) is 2. The van der Waals surface area contributed by atoms with Gasteiger partial charge in [0, 0.05) is 35.3 Å². The van der Waals surface area contributed by atoms with E-state index in [-0.39, 0.29) is 17.4 Å². The summed E-state index contributed by atoms with van der Waals surface area (Å²) in [5.41, 5.74) is 5.23. The summed E-state index contributed by atoms with van der Waals surface area (Å²) in [7, 11) is -2.56. The Balaban J connectivity index is 1.86. The van der Waals surface area contributed by atoms with Crippen LogP contribution in [0.25, 0.3) is 10.8 Å². The third kappa shape index (κ3) is 4.64. The predicted molar refractivity (Wildman–Crippen MR) is 115 cm³/mol. The van der Waals surface area contributed by atoms with E-state index in [9.17, 15) is 13.2 Å². The van der Waals surface area contributed by atoms with Gasteiger partial charge in [-0.15, -0.1) is 4.51 Å². The van der Waals surface area contributed by atoms with Gasteiger partial charge in [-0.05, 0) is 38.1 Å². The highest BCUT2D eigenvalue weighted by Gasteiger charge is 2.41. The third-order valence-electron chi connectivity index (χ3n) is 5.17. The Morgan fingerprint density at radius 2 is 2.10 bits per heavy atom. The highest BCUT2D eigenvalue weighted by molar-refractivity contribution is 7.89. The van der Waals surface area contributed by atoms with Gasteiger partial charge in [0.1, 0.15) is 0 Å². The number of nitrogens with one attached hydrogen (secondary N) is 3. The lowest BCUT2D eigenvalue weighted by molar-refractivity contribution is -0.154. The van der Waals surface area contributed by atoms with E-state index in [1.807, 2.05) is 0 Å². The Morgan fingerprint density at radius 3 is 2.77 bits per heavy atom. The molecule has 10 nitrogen and oxygen atoms in total. The maximum atomic E-state index is 12.9. The van der Waals surface area contributed by atoms with E-state index in [2.05, 4.69) is 24.9 Å². The van der Waals surface area contributed by atoms with Crippen LogP contribution >= 0.6 is 11.8 Å². The fourth-order valence-corrected chi connectivity index (χ4v) is 4.68. The van der Waals surface area contributed by atoms with E-state index in [0.717, 1.165) is 0 Å². The van der Waals surface area contributed by atoms with Gasteiger partial charge in [0.2, 0.25) is 16.0 Å². The highest BCUT2D eigenvalue weighted by atomic mass is 35.5. The van der Waals surface area contributed by atoms with Gasteiger partial charge in [-0.2, -0.15) is 0 Å². The number of nitrogens with two attached hydrogens (primary N) is 1. The van der Waals surface area contributed by atoms with Crippen molar-refractivity contribution in [2.75, 3.05) is 32.1 Å². The highest BCUT2D eigenvalue weighted by Crippen LogP contribution is 2.31. The molecule has 12 heteroatoms. The molecular formula is C18H23ClN6O4S. The molecule has 0 bridgehead atoms. The molecule has 0 aliphatic carbocycles. The lowest BCUT2D eigenvalue weighted by Gasteiger charge is -2.34.